The second-order valence-electron chi connectivity index (χ2n) is 9.28. The number of carbonyl (C=O) groups excluding carboxylic acids is 2. The Kier molecular flexibility index (Phi) is 24.2. The Labute approximate surface area is 256 Å². The van der Waals surface area contributed by atoms with E-state index >= 15 is 0 Å². The molecular weight excluding hydrogens is 547 g/mol. The van der Waals surface area contributed by atoms with Gasteiger partial charge in [0.05, 0.1) is 0 Å². The van der Waals surface area contributed by atoms with Gasteiger partial charge in [0.25, 0.3) is 0 Å². The quantitative estimate of drug-likeness (QED) is 0.0756. The lowest BCUT2D eigenvalue weighted by Gasteiger charge is -2.05. The minimum atomic E-state index is 0.0174. The molecule has 1 rings (SSSR count). The number of rotatable bonds is 23. The predicted molar refractivity (Wildman–Crippen MR) is 182 cm³/mol. The molecule has 0 fully saturated rings. The molecule has 1 aromatic heterocycles. The van der Waals surface area contributed by atoms with Gasteiger partial charge in [0.15, 0.2) is 0 Å². The second kappa shape index (κ2) is 27.4. The molecule has 0 spiro atoms. The summed E-state index contributed by atoms with van der Waals surface area (Å²) in [6.45, 7) is 5.41. The first kappa shape index (κ1) is 36.3. The summed E-state index contributed by atoms with van der Waals surface area (Å²) >= 11 is 0. The molecule has 2 N–H and O–H groups in total. The van der Waals surface area contributed by atoms with E-state index in [2.05, 4.69) is 83.3 Å². The van der Waals surface area contributed by atoms with Crippen molar-refractivity contribution < 1.29 is 9.59 Å². The molecule has 0 saturated carbocycles. The Morgan fingerprint density at radius 3 is 1.88 bits per heavy atom. The molecule has 0 aliphatic rings. The number of hydrogen-bond donors (Lipinski definition) is 2. The van der Waals surface area contributed by atoms with E-state index in [-0.39, 0.29) is 11.8 Å². The minimum Gasteiger partial charge on any atom is -0.355 e. The van der Waals surface area contributed by atoms with E-state index in [1.165, 1.54) is 0 Å². The number of carbonyl (C=O) groups is 2. The van der Waals surface area contributed by atoms with E-state index < -0.39 is 0 Å². The highest BCUT2D eigenvalue weighted by atomic mass is 33.1. The molecule has 1 aromatic rings. The van der Waals surface area contributed by atoms with E-state index in [1.807, 2.05) is 31.2 Å². The van der Waals surface area contributed by atoms with Gasteiger partial charge in [-0.15, -0.1) is 0 Å². The average Bonchev–Trinajstić information content (AvgIpc) is 2.97. The highest BCUT2D eigenvalue weighted by Gasteiger charge is 2.01. The SMILES string of the molecule is CCC=CCC=CCC=CCC=CCC=CCCCC(=O)NCCSSCCNC(=O)CC=Cc1ccc(C)nc1. The van der Waals surface area contributed by atoms with Crippen LogP contribution in [0.2, 0.25) is 0 Å². The Hall–Kier alpha value is -2.77. The third-order valence-corrected chi connectivity index (χ3v) is 7.99. The first-order valence-electron chi connectivity index (χ1n) is 14.7. The van der Waals surface area contributed by atoms with Crippen molar-refractivity contribution in [3.8, 4) is 0 Å². The fraction of sp³-hybridized carbons (Fsp3) is 0.441. The molecule has 41 heavy (non-hydrogen) atoms. The van der Waals surface area contributed by atoms with Gasteiger partial charge in [-0.05, 0) is 63.5 Å². The van der Waals surface area contributed by atoms with Gasteiger partial charge >= 0.3 is 0 Å². The van der Waals surface area contributed by atoms with Gasteiger partial charge < -0.3 is 10.6 Å². The zero-order valence-corrected chi connectivity index (χ0v) is 26.6. The summed E-state index contributed by atoms with van der Waals surface area (Å²) in [5, 5.41) is 5.91. The summed E-state index contributed by atoms with van der Waals surface area (Å²) in [6.07, 6.45) is 35.2. The van der Waals surface area contributed by atoms with Crippen LogP contribution in [-0.2, 0) is 9.59 Å². The Morgan fingerprint density at radius 2 is 1.32 bits per heavy atom. The third kappa shape index (κ3) is 24.7. The van der Waals surface area contributed by atoms with E-state index in [0.29, 0.717) is 25.9 Å². The van der Waals surface area contributed by atoms with E-state index in [9.17, 15) is 9.59 Å². The molecule has 0 unspecified atom stereocenters. The lowest BCUT2D eigenvalue weighted by Crippen LogP contribution is -2.25. The maximum absolute atomic E-state index is 12.0. The van der Waals surface area contributed by atoms with Crippen LogP contribution in [0, 0.1) is 6.92 Å². The molecule has 7 heteroatoms. The molecule has 0 bridgehead atoms. The average molecular weight is 596 g/mol. The number of amides is 2. The Bertz CT molecular complexity index is 996. The molecule has 0 saturated heterocycles. The normalized spacial score (nSPS) is 12.2. The van der Waals surface area contributed by atoms with Crippen LogP contribution in [0.15, 0.2) is 85.2 Å². The summed E-state index contributed by atoms with van der Waals surface area (Å²) in [6, 6.07) is 3.94. The van der Waals surface area contributed by atoms with Crippen molar-refractivity contribution >= 4 is 39.5 Å². The molecule has 0 aliphatic carbocycles. The van der Waals surface area contributed by atoms with Gasteiger partial charge in [0, 0.05) is 49.3 Å². The van der Waals surface area contributed by atoms with Gasteiger partial charge in [0.1, 0.15) is 0 Å². The number of pyridine rings is 1. The van der Waals surface area contributed by atoms with Gasteiger partial charge in [-0.25, -0.2) is 0 Å². The predicted octanol–water partition coefficient (Wildman–Crippen LogP) is 8.33. The highest BCUT2D eigenvalue weighted by molar-refractivity contribution is 8.76. The summed E-state index contributed by atoms with van der Waals surface area (Å²) in [4.78, 5) is 28.1. The highest BCUT2D eigenvalue weighted by Crippen LogP contribution is 2.19. The van der Waals surface area contributed by atoms with E-state index in [1.54, 1.807) is 27.8 Å². The topological polar surface area (TPSA) is 71.1 Å². The van der Waals surface area contributed by atoms with Crippen LogP contribution >= 0.6 is 21.6 Å². The van der Waals surface area contributed by atoms with Gasteiger partial charge in [-0.3, -0.25) is 14.6 Å². The summed E-state index contributed by atoms with van der Waals surface area (Å²) in [7, 11) is 3.43. The van der Waals surface area contributed by atoms with E-state index in [0.717, 1.165) is 67.7 Å². The summed E-state index contributed by atoms with van der Waals surface area (Å²) in [5.41, 5.74) is 1.97. The van der Waals surface area contributed by atoms with Crippen molar-refractivity contribution in [2.75, 3.05) is 24.6 Å². The maximum Gasteiger partial charge on any atom is 0.223 e. The number of aromatic nitrogens is 1. The molecule has 0 radical (unpaired) electrons. The fourth-order valence-electron chi connectivity index (χ4n) is 3.37. The zero-order valence-electron chi connectivity index (χ0n) is 24.9. The van der Waals surface area contributed by atoms with Crippen LogP contribution in [0.25, 0.3) is 6.08 Å². The third-order valence-electron chi connectivity index (χ3n) is 5.58. The smallest absolute Gasteiger partial charge is 0.223 e. The standard InChI is InChI=1S/C34H49N3O2S2/c1-3-4-5-6-7-8-9-10-11-12-13-14-15-16-17-18-19-22-33(38)35-26-28-40-41-29-27-36-34(39)23-20-21-32-25-24-31(2)37-30-32/h4-5,7-8,10-11,13-14,16-17,20-21,24-25,30H,3,6,9,12,15,18-19,22-23,26-29H2,1-2H3,(H,35,38)(H,36,39). The number of allylic oxidation sites excluding steroid dienone is 10. The van der Waals surface area contributed by atoms with Crippen LogP contribution in [0.1, 0.15) is 76.0 Å². The second-order valence-corrected chi connectivity index (χ2v) is 12.0. The number of aryl methyl sites for hydroxylation is 1. The summed E-state index contributed by atoms with van der Waals surface area (Å²) < 4.78 is 0. The van der Waals surface area contributed by atoms with Crippen molar-refractivity contribution in [2.45, 2.75) is 71.6 Å². The number of nitrogens with one attached hydrogen (secondary N) is 2. The van der Waals surface area contributed by atoms with Crippen LogP contribution in [0.4, 0.5) is 0 Å². The first-order chi connectivity index (χ1) is 20.1. The van der Waals surface area contributed by atoms with Crippen molar-refractivity contribution in [2.24, 2.45) is 0 Å². The van der Waals surface area contributed by atoms with Gasteiger partial charge in [-0.2, -0.15) is 0 Å². The molecule has 0 aromatic carbocycles. The number of nitrogens with zero attached hydrogens (tertiary/aromatic N) is 1. The number of unbranched alkanes of at least 4 members (excludes halogenated alkanes) is 1. The first-order valence-corrected chi connectivity index (χ1v) is 17.2. The Morgan fingerprint density at radius 1 is 0.756 bits per heavy atom. The molecule has 0 atom stereocenters. The van der Waals surface area contributed by atoms with Crippen LogP contribution < -0.4 is 10.6 Å². The van der Waals surface area contributed by atoms with E-state index in [4.69, 9.17) is 0 Å². The maximum atomic E-state index is 12.0. The van der Waals surface area contributed by atoms with Crippen molar-refractivity contribution in [3.63, 3.8) is 0 Å². The number of hydrogen-bond acceptors (Lipinski definition) is 5. The molecule has 2 amide bonds. The molecule has 5 nitrogen and oxygen atoms in total. The lowest BCUT2D eigenvalue weighted by molar-refractivity contribution is -0.121. The monoisotopic (exact) mass is 595 g/mol. The zero-order chi connectivity index (χ0) is 29.6. The molecule has 1 heterocycles. The largest absolute Gasteiger partial charge is 0.355 e. The molecule has 224 valence electrons. The van der Waals surface area contributed by atoms with Crippen LogP contribution in [0.5, 0.6) is 0 Å². The molecule has 0 aliphatic heterocycles. The van der Waals surface area contributed by atoms with Crippen molar-refractivity contribution in [1.82, 2.24) is 15.6 Å². The van der Waals surface area contributed by atoms with Crippen molar-refractivity contribution in [3.05, 3.63) is 96.4 Å². The van der Waals surface area contributed by atoms with Crippen molar-refractivity contribution in [1.29, 1.82) is 0 Å². The minimum absolute atomic E-state index is 0.0174. The van der Waals surface area contributed by atoms with Gasteiger partial charge in [0.2, 0.25) is 11.8 Å². The lowest BCUT2D eigenvalue weighted by atomic mass is 10.2. The van der Waals surface area contributed by atoms with Crippen LogP contribution in [0.3, 0.4) is 0 Å². The Balaban J connectivity index is 1.89. The van der Waals surface area contributed by atoms with Gasteiger partial charge in [-0.1, -0.05) is 107 Å². The summed E-state index contributed by atoms with van der Waals surface area (Å²) in [5.74, 6) is 1.82. The molecular formula is C34H49N3O2S2. The van der Waals surface area contributed by atoms with Crippen LogP contribution in [-0.4, -0.2) is 41.4 Å². The fourth-order valence-corrected chi connectivity index (χ4v) is 5.19.